The number of hydrogen-bond donors (Lipinski definition) is 0. The molecule has 5 rings (SSSR count). The molecule has 0 aliphatic rings. The van der Waals surface area contributed by atoms with Crippen LogP contribution in [-0.2, 0) is 40.8 Å². The van der Waals surface area contributed by atoms with Crippen molar-refractivity contribution in [3.05, 3.63) is 117 Å². The Morgan fingerprint density at radius 2 is 0.821 bits per heavy atom. The quantitative estimate of drug-likeness (QED) is 0.120. The largest absolute Gasteiger partial charge is 1.00 e. The van der Waals surface area contributed by atoms with E-state index in [1.54, 1.807) is 0 Å². The zero-order chi connectivity index (χ0) is 36.3. The Kier molecular flexibility index (Phi) is 26.1. The van der Waals surface area contributed by atoms with E-state index in [9.17, 15) is 0 Å². The molecule has 0 saturated heterocycles. The van der Waals surface area contributed by atoms with Crippen LogP contribution in [0.4, 0.5) is 23.0 Å². The van der Waals surface area contributed by atoms with Crippen LogP contribution < -0.4 is 77.1 Å². The van der Waals surface area contributed by atoms with Crippen molar-refractivity contribution >= 4 is 51.4 Å². The summed E-state index contributed by atoms with van der Waals surface area (Å²) in [5, 5.41) is 0. The molecule has 2 aromatic heterocycles. The van der Waals surface area contributed by atoms with Gasteiger partial charge in [-0.25, -0.2) is 9.15 Å². The van der Waals surface area contributed by atoms with Crippen molar-refractivity contribution in [2.45, 2.75) is 99.8 Å². The fourth-order valence-electron chi connectivity index (χ4n) is 7.01. The second-order valence-electron chi connectivity index (χ2n) is 14.4. The SMILES string of the molecule is CC=[N+](c1ccccn1)c1c(C(C)C)cc(-c2cc(Br)cc(-c3cc(C(C)C)c([N+](=CC)c4ccccn4)c(C(C)C)c3)c2C)cc1C(C)C.[Br-].[Br-].[Br-].[Br-].[Pd].[Pd]. The molecule has 0 atom stereocenters. The molecular weight excluding hydrogens is 1210 g/mol. The summed E-state index contributed by atoms with van der Waals surface area (Å²) in [6, 6.07) is 26.5. The molecule has 310 valence electrons. The van der Waals surface area contributed by atoms with Crippen LogP contribution in [0.25, 0.3) is 22.3 Å². The molecule has 0 amide bonds. The average molecular weight is 1260 g/mol. The van der Waals surface area contributed by atoms with Gasteiger partial charge in [0, 0.05) is 79.7 Å². The Morgan fingerprint density at radius 1 is 0.518 bits per heavy atom. The molecule has 5 aromatic rings. The molecule has 0 unspecified atom stereocenters. The maximum atomic E-state index is 4.74. The number of hydrogen-bond acceptors (Lipinski definition) is 2. The van der Waals surface area contributed by atoms with Crippen LogP contribution >= 0.6 is 15.9 Å². The van der Waals surface area contributed by atoms with Crippen LogP contribution in [0.1, 0.15) is 121 Å². The Morgan fingerprint density at radius 3 is 1.05 bits per heavy atom. The minimum Gasteiger partial charge on any atom is -1.00 e. The van der Waals surface area contributed by atoms with Crippen molar-refractivity contribution in [3.63, 3.8) is 0 Å². The molecule has 0 N–H and O–H groups in total. The number of nitrogens with zero attached hydrogens (tertiary/aromatic N) is 4. The molecule has 0 aliphatic carbocycles. The van der Waals surface area contributed by atoms with Crippen LogP contribution in [-0.4, -0.2) is 22.4 Å². The molecule has 11 heteroatoms. The van der Waals surface area contributed by atoms with Crippen LogP contribution in [0.5, 0.6) is 0 Å². The van der Waals surface area contributed by atoms with E-state index in [1.807, 2.05) is 24.5 Å². The maximum absolute atomic E-state index is 4.74. The first-order valence-electron chi connectivity index (χ1n) is 18.0. The average Bonchev–Trinajstić information content (AvgIpc) is 3.10. The number of pyridine rings is 2. The van der Waals surface area contributed by atoms with Crippen molar-refractivity contribution in [3.8, 4) is 22.3 Å². The Hall–Kier alpha value is -0.975. The zero-order valence-corrected chi connectivity index (χ0v) is 44.9. The van der Waals surface area contributed by atoms with E-state index in [0.717, 1.165) is 16.1 Å². The maximum Gasteiger partial charge on any atom is 0.327 e. The van der Waals surface area contributed by atoms with Crippen LogP contribution in [0, 0.1) is 6.92 Å². The summed E-state index contributed by atoms with van der Waals surface area (Å²) in [5.41, 5.74) is 14.0. The molecule has 0 fully saturated rings. The summed E-state index contributed by atoms with van der Waals surface area (Å²) in [7, 11) is 0. The van der Waals surface area contributed by atoms with Gasteiger partial charge in [0.25, 0.3) is 0 Å². The van der Waals surface area contributed by atoms with Gasteiger partial charge in [-0.2, -0.15) is 0 Å². The smallest absolute Gasteiger partial charge is 0.327 e. The van der Waals surface area contributed by atoms with Crippen LogP contribution in [0.2, 0.25) is 0 Å². The molecule has 2 heterocycles. The Balaban J connectivity index is 0. The van der Waals surface area contributed by atoms with Gasteiger partial charge in [0.15, 0.2) is 0 Å². The summed E-state index contributed by atoms with van der Waals surface area (Å²) < 4.78 is 5.60. The minimum absolute atomic E-state index is 0. The van der Waals surface area contributed by atoms with Gasteiger partial charge in [0.1, 0.15) is 23.8 Å². The summed E-state index contributed by atoms with van der Waals surface area (Å²) in [6.07, 6.45) is 8.03. The standard InChI is InChI=1S/C45H53BrN4.4BrH.2Pd/c1-12-49(42-18-14-16-20-47-42)44-36(28(3)4)22-33(23-37(44)29(5)6)40-26-35(46)27-41(32(40)11)34-24-38(30(7)8)45(39(25-34)31(9)10)50(13-2)43-19-15-17-21-48-43;;;;;;/h12-31H,1-11H3;4*1H;;/q+2;;;;;;/p-4. The normalized spacial score (nSPS) is 11.2. The molecule has 0 bridgehead atoms. The monoisotopic (exact) mass is 1260 g/mol. The number of benzene rings is 3. The second-order valence-corrected chi connectivity index (χ2v) is 15.3. The van der Waals surface area contributed by atoms with E-state index in [0.29, 0.717) is 23.7 Å². The predicted octanol–water partition coefficient (Wildman–Crippen LogP) is 1.24. The van der Waals surface area contributed by atoms with Gasteiger partial charge in [-0.05, 0) is 131 Å². The molecule has 56 heavy (non-hydrogen) atoms. The molecule has 0 radical (unpaired) electrons. The molecule has 4 nitrogen and oxygen atoms in total. The summed E-state index contributed by atoms with van der Waals surface area (Å²) in [4.78, 5) is 9.47. The third kappa shape index (κ3) is 12.5. The van der Waals surface area contributed by atoms with Crippen LogP contribution in [0.15, 0.2) is 89.7 Å². The summed E-state index contributed by atoms with van der Waals surface area (Å²) >= 11 is 3.95. The first-order chi connectivity index (χ1) is 23.9. The van der Waals surface area contributed by atoms with Gasteiger partial charge in [-0.3, -0.25) is 0 Å². The predicted molar refractivity (Wildman–Crippen MR) is 221 cm³/mol. The Labute approximate surface area is 414 Å². The number of aromatic nitrogens is 2. The van der Waals surface area contributed by atoms with Gasteiger partial charge in [-0.1, -0.05) is 83.5 Å². The minimum atomic E-state index is 0. The molecule has 0 saturated carbocycles. The van der Waals surface area contributed by atoms with E-state index in [1.165, 1.54) is 61.4 Å². The first-order valence-corrected chi connectivity index (χ1v) is 18.8. The van der Waals surface area contributed by atoms with Crippen molar-refractivity contribution in [1.29, 1.82) is 0 Å². The fourth-order valence-corrected chi connectivity index (χ4v) is 7.47. The van der Waals surface area contributed by atoms with E-state index >= 15 is 0 Å². The van der Waals surface area contributed by atoms with Gasteiger partial charge in [0.05, 0.1) is 12.4 Å². The van der Waals surface area contributed by atoms with Crippen molar-refractivity contribution < 1.29 is 109 Å². The summed E-state index contributed by atoms with van der Waals surface area (Å²) in [6.45, 7) is 24.8. The van der Waals surface area contributed by atoms with Gasteiger partial charge < -0.3 is 67.9 Å². The van der Waals surface area contributed by atoms with Gasteiger partial charge >= 0.3 is 11.6 Å². The molecular formula is C45H53Br5N4Pd2-2. The van der Waals surface area contributed by atoms with E-state index in [2.05, 4.69) is 174 Å². The second kappa shape index (κ2) is 25.6. The Bertz CT molecular complexity index is 1860. The van der Waals surface area contributed by atoms with Crippen molar-refractivity contribution in [1.82, 2.24) is 19.1 Å². The van der Waals surface area contributed by atoms with E-state index in [4.69, 9.17) is 9.97 Å². The van der Waals surface area contributed by atoms with Crippen molar-refractivity contribution in [2.75, 3.05) is 0 Å². The topological polar surface area (TPSA) is 31.8 Å². The third-order valence-electron chi connectivity index (χ3n) is 9.61. The van der Waals surface area contributed by atoms with Gasteiger partial charge in [-0.15, -0.1) is 0 Å². The molecule has 0 aliphatic heterocycles. The summed E-state index contributed by atoms with van der Waals surface area (Å²) in [5.74, 6) is 3.11. The number of rotatable bonds is 10. The molecule has 0 spiro atoms. The first kappa shape index (κ1) is 57.1. The van der Waals surface area contributed by atoms with Crippen molar-refractivity contribution in [2.24, 2.45) is 0 Å². The number of halogens is 5. The van der Waals surface area contributed by atoms with Crippen LogP contribution in [0.3, 0.4) is 0 Å². The third-order valence-corrected chi connectivity index (χ3v) is 10.1. The van der Waals surface area contributed by atoms with E-state index < -0.39 is 0 Å². The van der Waals surface area contributed by atoms with E-state index in [-0.39, 0.29) is 109 Å². The zero-order valence-electron chi connectivity index (χ0n) is 33.9. The van der Waals surface area contributed by atoms with Gasteiger partial charge in [0.2, 0.25) is 0 Å². The molecule has 3 aromatic carbocycles. The fraction of sp³-hybridized carbons (Fsp3) is 0.333.